The summed E-state index contributed by atoms with van der Waals surface area (Å²) in [5.41, 5.74) is 0.166. The summed E-state index contributed by atoms with van der Waals surface area (Å²) >= 11 is 0. The second-order valence-electron chi connectivity index (χ2n) is 5.62. The van der Waals surface area contributed by atoms with Crippen molar-refractivity contribution in [3.63, 3.8) is 0 Å². The number of rotatable bonds is 3. The average molecular weight is 273 g/mol. The maximum atomic E-state index is 12.2. The number of nitriles is 1. The number of aliphatic hydroxyl groups excluding tert-OH is 1. The topological polar surface area (TPSA) is 86.0 Å². The smallest absolute Gasteiger partial charge is 0.270 e. The molecule has 2 N–H and O–H groups in total. The van der Waals surface area contributed by atoms with E-state index in [-0.39, 0.29) is 18.2 Å². The summed E-state index contributed by atoms with van der Waals surface area (Å²) in [6.45, 7) is 2.13. The Kier molecular flexibility index (Phi) is 4.35. The second-order valence-corrected chi connectivity index (χ2v) is 5.62. The van der Waals surface area contributed by atoms with Crippen LogP contribution < -0.4 is 5.32 Å². The predicted octanol–water partition coefficient (Wildman–Crippen LogP) is 1.62. The number of hydrogen-bond donors (Lipinski definition) is 2. The van der Waals surface area contributed by atoms with Gasteiger partial charge >= 0.3 is 0 Å². The molecule has 0 unspecified atom stereocenters. The number of nitrogens with zero attached hydrogens (tertiary/aromatic N) is 2. The van der Waals surface area contributed by atoms with Crippen LogP contribution in [-0.4, -0.2) is 28.1 Å². The Morgan fingerprint density at radius 3 is 2.75 bits per heavy atom. The first-order valence-corrected chi connectivity index (χ1v) is 6.88. The van der Waals surface area contributed by atoms with Crippen LogP contribution >= 0.6 is 0 Å². The van der Waals surface area contributed by atoms with E-state index in [0.717, 1.165) is 25.7 Å². The Bertz CT molecular complexity index is 511. The summed E-state index contributed by atoms with van der Waals surface area (Å²) < 4.78 is 0. The molecule has 0 radical (unpaired) electrons. The molecule has 0 atom stereocenters. The minimum Gasteiger partial charge on any atom is -0.394 e. The molecule has 1 heterocycles. The Hall–Kier alpha value is -1.93. The summed E-state index contributed by atoms with van der Waals surface area (Å²) in [5, 5.41) is 21.3. The molecule has 20 heavy (non-hydrogen) atoms. The van der Waals surface area contributed by atoms with Crippen molar-refractivity contribution in [3.8, 4) is 6.07 Å². The van der Waals surface area contributed by atoms with E-state index in [0.29, 0.717) is 11.5 Å². The van der Waals surface area contributed by atoms with E-state index in [2.05, 4.69) is 17.2 Å². The zero-order valence-corrected chi connectivity index (χ0v) is 11.6. The van der Waals surface area contributed by atoms with Crippen molar-refractivity contribution in [2.45, 2.75) is 38.1 Å². The molecule has 0 spiro atoms. The predicted molar refractivity (Wildman–Crippen MR) is 73.9 cm³/mol. The van der Waals surface area contributed by atoms with Gasteiger partial charge in [-0.2, -0.15) is 5.26 Å². The quantitative estimate of drug-likeness (QED) is 0.876. The number of nitrogens with one attached hydrogen (secondary N) is 1. The maximum Gasteiger partial charge on any atom is 0.270 e. The van der Waals surface area contributed by atoms with Crippen LogP contribution in [0.2, 0.25) is 0 Å². The molecule has 1 aliphatic carbocycles. The number of hydrogen-bond acceptors (Lipinski definition) is 4. The van der Waals surface area contributed by atoms with Gasteiger partial charge < -0.3 is 10.4 Å². The number of carbonyl (C=O) groups is 1. The van der Waals surface area contributed by atoms with Crippen molar-refractivity contribution < 1.29 is 9.90 Å². The van der Waals surface area contributed by atoms with Gasteiger partial charge in [-0.3, -0.25) is 4.79 Å². The first-order valence-electron chi connectivity index (χ1n) is 6.88. The highest BCUT2D eigenvalue weighted by Gasteiger charge is 2.35. The molecule has 0 aromatic carbocycles. The van der Waals surface area contributed by atoms with Crippen molar-refractivity contribution in [1.82, 2.24) is 10.3 Å². The number of carbonyl (C=O) groups excluding carboxylic acids is 1. The zero-order chi connectivity index (χ0) is 14.6. The van der Waals surface area contributed by atoms with E-state index in [9.17, 15) is 9.90 Å². The first-order chi connectivity index (χ1) is 9.58. The van der Waals surface area contributed by atoms with Crippen molar-refractivity contribution in [3.05, 3.63) is 29.6 Å². The van der Waals surface area contributed by atoms with Crippen LogP contribution in [0.1, 0.15) is 48.7 Å². The van der Waals surface area contributed by atoms with Crippen LogP contribution in [0.25, 0.3) is 0 Å². The van der Waals surface area contributed by atoms with Crippen LogP contribution in [0.15, 0.2) is 18.3 Å². The summed E-state index contributed by atoms with van der Waals surface area (Å²) in [4.78, 5) is 16.2. The molecule has 1 aliphatic rings. The number of pyridine rings is 1. The molecule has 1 amide bonds. The van der Waals surface area contributed by atoms with Gasteiger partial charge in [0.25, 0.3) is 5.91 Å². The number of aromatic nitrogens is 1. The van der Waals surface area contributed by atoms with Crippen molar-refractivity contribution in [2.75, 3.05) is 6.61 Å². The van der Waals surface area contributed by atoms with Crippen LogP contribution in [0.5, 0.6) is 0 Å². The molecule has 0 saturated heterocycles. The lowest BCUT2D eigenvalue weighted by Gasteiger charge is -2.38. The minimum absolute atomic E-state index is 0.0538. The Balaban J connectivity index is 2.07. The molecular formula is C15H19N3O2. The molecule has 1 fully saturated rings. The summed E-state index contributed by atoms with van der Waals surface area (Å²) in [6, 6.07) is 5.06. The molecule has 5 heteroatoms. The third-order valence-corrected chi connectivity index (χ3v) is 4.04. The van der Waals surface area contributed by atoms with Gasteiger partial charge in [-0.1, -0.05) is 6.92 Å². The molecule has 5 nitrogen and oxygen atoms in total. The van der Waals surface area contributed by atoms with E-state index in [1.165, 1.54) is 12.3 Å². The highest BCUT2D eigenvalue weighted by atomic mass is 16.3. The third-order valence-electron chi connectivity index (χ3n) is 4.04. The zero-order valence-electron chi connectivity index (χ0n) is 11.6. The van der Waals surface area contributed by atoms with E-state index in [1.807, 2.05) is 6.07 Å². The Labute approximate surface area is 118 Å². The molecule has 0 aliphatic heterocycles. The number of aliphatic hydroxyl groups is 1. The summed E-state index contributed by atoms with van der Waals surface area (Å²) in [5.74, 6) is 0.345. The van der Waals surface area contributed by atoms with E-state index in [1.54, 1.807) is 6.07 Å². The third kappa shape index (κ3) is 3.14. The van der Waals surface area contributed by atoms with Crippen LogP contribution in [0.3, 0.4) is 0 Å². The molecule has 1 aromatic rings. The van der Waals surface area contributed by atoms with Crippen molar-refractivity contribution >= 4 is 5.91 Å². The Morgan fingerprint density at radius 2 is 2.25 bits per heavy atom. The lowest BCUT2D eigenvalue weighted by atomic mass is 9.77. The van der Waals surface area contributed by atoms with E-state index >= 15 is 0 Å². The van der Waals surface area contributed by atoms with Gasteiger partial charge in [0.2, 0.25) is 0 Å². The second kappa shape index (κ2) is 6.02. The molecule has 106 valence electrons. The van der Waals surface area contributed by atoms with Gasteiger partial charge in [0, 0.05) is 6.20 Å². The fraction of sp³-hybridized carbons (Fsp3) is 0.533. The first kappa shape index (κ1) is 14.5. The monoisotopic (exact) mass is 273 g/mol. The normalized spacial score (nSPS) is 25.8. The average Bonchev–Trinajstić information content (AvgIpc) is 2.50. The Morgan fingerprint density at radius 1 is 1.55 bits per heavy atom. The van der Waals surface area contributed by atoms with Gasteiger partial charge in [-0.15, -0.1) is 0 Å². The summed E-state index contributed by atoms with van der Waals surface area (Å²) in [6.07, 6.45) is 4.95. The molecule has 1 saturated carbocycles. The SMILES string of the molecule is CC1CCC(CO)(NC(=O)c2ccc(C#N)cn2)CC1. The fourth-order valence-electron chi connectivity index (χ4n) is 2.54. The van der Waals surface area contributed by atoms with Crippen molar-refractivity contribution in [1.29, 1.82) is 5.26 Å². The molecular weight excluding hydrogens is 254 g/mol. The molecule has 1 aromatic heterocycles. The van der Waals surface area contributed by atoms with Crippen LogP contribution in [0, 0.1) is 17.2 Å². The van der Waals surface area contributed by atoms with Gasteiger partial charge in [-0.25, -0.2) is 4.98 Å². The van der Waals surface area contributed by atoms with Gasteiger partial charge in [0.15, 0.2) is 0 Å². The van der Waals surface area contributed by atoms with Crippen molar-refractivity contribution in [2.24, 2.45) is 5.92 Å². The van der Waals surface area contributed by atoms with E-state index < -0.39 is 5.54 Å². The van der Waals surface area contributed by atoms with Gasteiger partial charge in [-0.05, 0) is 43.7 Å². The summed E-state index contributed by atoms with van der Waals surface area (Å²) in [7, 11) is 0. The van der Waals surface area contributed by atoms with Crippen LogP contribution in [-0.2, 0) is 0 Å². The fourth-order valence-corrected chi connectivity index (χ4v) is 2.54. The maximum absolute atomic E-state index is 12.2. The van der Waals surface area contributed by atoms with Crippen LogP contribution in [0.4, 0.5) is 0 Å². The molecule has 2 rings (SSSR count). The van der Waals surface area contributed by atoms with E-state index in [4.69, 9.17) is 5.26 Å². The lowest BCUT2D eigenvalue weighted by molar-refractivity contribution is 0.0712. The van der Waals surface area contributed by atoms with Gasteiger partial charge in [0.1, 0.15) is 11.8 Å². The van der Waals surface area contributed by atoms with Gasteiger partial charge in [0.05, 0.1) is 17.7 Å². The highest BCUT2D eigenvalue weighted by molar-refractivity contribution is 5.92. The standard InChI is InChI=1S/C15H19N3O2/c1-11-4-6-15(10-19,7-5-11)18-14(20)13-3-2-12(8-16)9-17-13/h2-3,9,11,19H,4-7,10H2,1H3,(H,18,20). The highest BCUT2D eigenvalue weighted by Crippen LogP contribution is 2.31. The number of amides is 1. The largest absolute Gasteiger partial charge is 0.394 e. The lowest BCUT2D eigenvalue weighted by Crippen LogP contribution is -2.53. The minimum atomic E-state index is -0.529. The molecule has 0 bridgehead atoms.